The number of terminal acetylenes is 1. The Morgan fingerprint density at radius 1 is 1.62 bits per heavy atom. The van der Waals surface area contributed by atoms with Gasteiger partial charge in [-0.1, -0.05) is 6.07 Å². The molecule has 0 radical (unpaired) electrons. The van der Waals surface area contributed by atoms with Gasteiger partial charge in [-0.25, -0.2) is 4.39 Å². The largest absolute Gasteiger partial charge is 0.349 e. The molecule has 0 saturated heterocycles. The molecule has 1 N–H and O–H groups in total. The van der Waals surface area contributed by atoms with E-state index in [-0.39, 0.29) is 11.6 Å². The maximum Gasteiger partial charge on any atom is 0.254 e. The number of aryl methyl sites for hydroxylation is 1. The highest BCUT2D eigenvalue weighted by Gasteiger charge is 2.13. The summed E-state index contributed by atoms with van der Waals surface area (Å²) in [4.78, 5) is 11.6. The Morgan fingerprint density at radius 2 is 2.31 bits per heavy atom. The fourth-order valence-corrected chi connectivity index (χ4v) is 1.33. The Morgan fingerprint density at radius 3 is 2.88 bits per heavy atom. The van der Waals surface area contributed by atoms with Gasteiger partial charge in [-0.3, -0.25) is 4.79 Å². The lowest BCUT2D eigenvalue weighted by Crippen LogP contribution is -2.32. The zero-order chi connectivity index (χ0) is 12.1. The standard InChI is InChI=1S/C13H14FNO/c1-4-5-10(3)15-13(16)11-7-6-9(2)8-12(11)14/h1,6-8,10H,5H2,2-3H3,(H,15,16). The number of halogens is 1. The summed E-state index contributed by atoms with van der Waals surface area (Å²) in [6.45, 7) is 3.55. The van der Waals surface area contributed by atoms with Gasteiger partial charge in [0.1, 0.15) is 5.82 Å². The van der Waals surface area contributed by atoms with E-state index in [1.54, 1.807) is 19.9 Å². The zero-order valence-corrected chi connectivity index (χ0v) is 9.38. The minimum atomic E-state index is -0.509. The van der Waals surface area contributed by atoms with Gasteiger partial charge >= 0.3 is 0 Å². The molecule has 0 aliphatic carbocycles. The second-order valence-corrected chi connectivity index (χ2v) is 3.77. The van der Waals surface area contributed by atoms with Crippen LogP contribution in [-0.4, -0.2) is 11.9 Å². The van der Waals surface area contributed by atoms with Gasteiger partial charge in [0.25, 0.3) is 5.91 Å². The molecule has 1 rings (SSSR count). The van der Waals surface area contributed by atoms with Crippen LogP contribution in [0.4, 0.5) is 4.39 Å². The lowest BCUT2D eigenvalue weighted by molar-refractivity contribution is 0.0937. The van der Waals surface area contributed by atoms with Crippen LogP contribution in [0.25, 0.3) is 0 Å². The summed E-state index contributed by atoms with van der Waals surface area (Å²) in [5.41, 5.74) is 0.834. The molecular weight excluding hydrogens is 205 g/mol. The summed E-state index contributed by atoms with van der Waals surface area (Å²) in [5.74, 6) is 1.50. The van der Waals surface area contributed by atoms with E-state index in [2.05, 4.69) is 11.2 Å². The van der Waals surface area contributed by atoms with Gasteiger partial charge in [-0.2, -0.15) is 0 Å². The van der Waals surface area contributed by atoms with Crippen LogP contribution in [0.5, 0.6) is 0 Å². The van der Waals surface area contributed by atoms with Crippen molar-refractivity contribution in [2.75, 3.05) is 0 Å². The molecule has 0 saturated carbocycles. The Hall–Kier alpha value is -1.82. The third-order valence-electron chi connectivity index (χ3n) is 2.17. The molecule has 1 atom stereocenters. The van der Waals surface area contributed by atoms with Crippen molar-refractivity contribution in [1.82, 2.24) is 5.32 Å². The van der Waals surface area contributed by atoms with E-state index < -0.39 is 11.7 Å². The number of carbonyl (C=O) groups excluding carboxylic acids is 1. The predicted molar refractivity (Wildman–Crippen MR) is 61.5 cm³/mol. The van der Waals surface area contributed by atoms with Gasteiger partial charge in [0, 0.05) is 12.5 Å². The van der Waals surface area contributed by atoms with Gasteiger partial charge in [0.05, 0.1) is 5.56 Å². The summed E-state index contributed by atoms with van der Waals surface area (Å²) in [6, 6.07) is 4.35. The number of benzene rings is 1. The number of nitrogens with one attached hydrogen (secondary N) is 1. The van der Waals surface area contributed by atoms with E-state index in [0.717, 1.165) is 5.56 Å². The van der Waals surface area contributed by atoms with Crippen molar-refractivity contribution in [3.63, 3.8) is 0 Å². The summed E-state index contributed by atoms with van der Waals surface area (Å²) >= 11 is 0. The van der Waals surface area contributed by atoms with E-state index in [1.807, 2.05) is 0 Å². The van der Waals surface area contributed by atoms with E-state index >= 15 is 0 Å². The lowest BCUT2D eigenvalue weighted by atomic mass is 10.1. The van der Waals surface area contributed by atoms with Crippen molar-refractivity contribution in [3.05, 3.63) is 35.1 Å². The SMILES string of the molecule is C#CCC(C)NC(=O)c1ccc(C)cc1F. The van der Waals surface area contributed by atoms with Crippen LogP contribution in [0.15, 0.2) is 18.2 Å². The first-order valence-electron chi connectivity index (χ1n) is 5.05. The maximum absolute atomic E-state index is 13.4. The molecule has 0 aliphatic heterocycles. The molecule has 84 valence electrons. The van der Waals surface area contributed by atoms with Crippen molar-refractivity contribution < 1.29 is 9.18 Å². The molecule has 16 heavy (non-hydrogen) atoms. The molecule has 2 nitrogen and oxygen atoms in total. The Labute approximate surface area is 94.9 Å². The molecule has 0 aliphatic rings. The summed E-state index contributed by atoms with van der Waals surface area (Å²) < 4.78 is 13.4. The van der Waals surface area contributed by atoms with Crippen LogP contribution >= 0.6 is 0 Å². The fourth-order valence-electron chi connectivity index (χ4n) is 1.33. The smallest absolute Gasteiger partial charge is 0.254 e. The van der Waals surface area contributed by atoms with Crippen LogP contribution in [0.1, 0.15) is 29.3 Å². The first-order valence-corrected chi connectivity index (χ1v) is 5.05. The van der Waals surface area contributed by atoms with Crippen molar-refractivity contribution in [2.45, 2.75) is 26.3 Å². The number of hydrogen-bond acceptors (Lipinski definition) is 1. The minimum absolute atomic E-state index is 0.0504. The highest BCUT2D eigenvalue weighted by Crippen LogP contribution is 2.10. The average Bonchev–Trinajstić information content (AvgIpc) is 2.17. The zero-order valence-electron chi connectivity index (χ0n) is 9.38. The van der Waals surface area contributed by atoms with E-state index in [4.69, 9.17) is 6.42 Å². The van der Waals surface area contributed by atoms with Crippen molar-refractivity contribution in [1.29, 1.82) is 0 Å². The van der Waals surface area contributed by atoms with Crippen molar-refractivity contribution in [2.24, 2.45) is 0 Å². The molecule has 0 bridgehead atoms. The number of amides is 1. The Balaban J connectivity index is 2.78. The topological polar surface area (TPSA) is 29.1 Å². The first-order chi connectivity index (χ1) is 7.54. The average molecular weight is 219 g/mol. The monoisotopic (exact) mass is 219 g/mol. The molecule has 1 aromatic carbocycles. The normalized spacial score (nSPS) is 11.6. The number of carbonyl (C=O) groups is 1. The highest BCUT2D eigenvalue weighted by atomic mass is 19.1. The van der Waals surface area contributed by atoms with Crippen LogP contribution < -0.4 is 5.32 Å². The van der Waals surface area contributed by atoms with Gasteiger partial charge < -0.3 is 5.32 Å². The molecule has 3 heteroatoms. The van der Waals surface area contributed by atoms with Crippen LogP contribution in [0.3, 0.4) is 0 Å². The highest BCUT2D eigenvalue weighted by molar-refractivity contribution is 5.94. The molecule has 0 aromatic heterocycles. The van der Waals surface area contributed by atoms with E-state index in [9.17, 15) is 9.18 Å². The van der Waals surface area contributed by atoms with Gasteiger partial charge in [0.2, 0.25) is 0 Å². The quantitative estimate of drug-likeness (QED) is 0.776. The summed E-state index contributed by atoms with van der Waals surface area (Å²) in [6.07, 6.45) is 5.55. The van der Waals surface area contributed by atoms with Crippen LogP contribution in [0, 0.1) is 25.1 Å². The van der Waals surface area contributed by atoms with Crippen LogP contribution in [-0.2, 0) is 0 Å². The Bertz CT molecular complexity index is 434. The minimum Gasteiger partial charge on any atom is -0.349 e. The Kier molecular flexibility index (Phi) is 4.07. The molecule has 0 fully saturated rings. The second kappa shape index (κ2) is 5.32. The van der Waals surface area contributed by atoms with Gasteiger partial charge in [-0.05, 0) is 31.5 Å². The third-order valence-corrected chi connectivity index (χ3v) is 2.17. The fraction of sp³-hybridized carbons (Fsp3) is 0.308. The molecule has 0 spiro atoms. The molecule has 0 heterocycles. The number of hydrogen-bond donors (Lipinski definition) is 1. The van der Waals surface area contributed by atoms with Crippen LogP contribution in [0.2, 0.25) is 0 Å². The van der Waals surface area contributed by atoms with Crippen molar-refractivity contribution >= 4 is 5.91 Å². The second-order valence-electron chi connectivity index (χ2n) is 3.77. The molecule has 1 unspecified atom stereocenters. The van der Waals surface area contributed by atoms with E-state index in [0.29, 0.717) is 6.42 Å². The van der Waals surface area contributed by atoms with E-state index in [1.165, 1.54) is 12.1 Å². The van der Waals surface area contributed by atoms with Crippen molar-refractivity contribution in [3.8, 4) is 12.3 Å². The maximum atomic E-state index is 13.4. The molecule has 1 amide bonds. The lowest BCUT2D eigenvalue weighted by Gasteiger charge is -2.11. The first kappa shape index (κ1) is 12.3. The third kappa shape index (κ3) is 3.09. The predicted octanol–water partition coefficient (Wildman–Crippen LogP) is 2.28. The summed E-state index contributed by atoms with van der Waals surface area (Å²) in [5, 5.41) is 2.64. The number of rotatable bonds is 3. The molecular formula is C13H14FNO. The van der Waals surface area contributed by atoms with Gasteiger partial charge in [-0.15, -0.1) is 12.3 Å². The summed E-state index contributed by atoms with van der Waals surface area (Å²) in [7, 11) is 0. The van der Waals surface area contributed by atoms with Gasteiger partial charge in [0.15, 0.2) is 0 Å². The molecule has 1 aromatic rings.